The van der Waals surface area contributed by atoms with Crippen LogP contribution in [0.5, 0.6) is 0 Å². The fourth-order valence-corrected chi connectivity index (χ4v) is 2.55. The largest absolute Gasteiger partial charge is 0.295 e. The molecule has 1 aromatic rings. The second kappa shape index (κ2) is 5.96. The third-order valence-corrected chi connectivity index (χ3v) is 3.40. The molecule has 0 saturated heterocycles. The van der Waals surface area contributed by atoms with Gasteiger partial charge >= 0.3 is 0 Å². The van der Waals surface area contributed by atoms with E-state index in [1.54, 1.807) is 13.8 Å². The normalized spacial score (nSPS) is 12.4. The number of rotatable bonds is 4. The van der Waals surface area contributed by atoms with E-state index in [1.807, 2.05) is 45.9 Å². The van der Waals surface area contributed by atoms with Crippen LogP contribution in [0.25, 0.3) is 5.57 Å². The van der Waals surface area contributed by atoms with Crippen LogP contribution >= 0.6 is 0 Å². The first kappa shape index (κ1) is 15.4. The van der Waals surface area contributed by atoms with Gasteiger partial charge in [-0.3, -0.25) is 9.59 Å². The lowest BCUT2D eigenvalue weighted by molar-refractivity contribution is -0.113. The maximum Gasteiger partial charge on any atom is 0.160 e. The van der Waals surface area contributed by atoms with Crippen molar-refractivity contribution in [2.45, 2.75) is 41.5 Å². The van der Waals surface area contributed by atoms with Crippen LogP contribution in [0.2, 0.25) is 0 Å². The molecule has 0 aromatic heterocycles. The van der Waals surface area contributed by atoms with E-state index >= 15 is 0 Å². The van der Waals surface area contributed by atoms with Crippen LogP contribution in [0, 0.1) is 12.8 Å². The minimum atomic E-state index is 0.0707. The van der Waals surface area contributed by atoms with Gasteiger partial charge in [0.1, 0.15) is 0 Å². The Morgan fingerprint density at radius 2 is 1.63 bits per heavy atom. The van der Waals surface area contributed by atoms with Gasteiger partial charge in [0.05, 0.1) is 0 Å². The van der Waals surface area contributed by atoms with Crippen molar-refractivity contribution in [1.82, 2.24) is 0 Å². The highest BCUT2D eigenvalue weighted by molar-refractivity contribution is 6.01. The first-order valence-electron chi connectivity index (χ1n) is 6.59. The molecule has 1 rings (SSSR count). The Bertz CT molecular complexity index is 548. The van der Waals surface area contributed by atoms with Crippen molar-refractivity contribution in [2.75, 3.05) is 0 Å². The second-order valence-corrected chi connectivity index (χ2v) is 5.34. The summed E-state index contributed by atoms with van der Waals surface area (Å²) in [6.07, 6.45) is 0. The van der Waals surface area contributed by atoms with Gasteiger partial charge in [-0.25, -0.2) is 0 Å². The average molecular weight is 258 g/mol. The molecule has 0 heterocycles. The van der Waals surface area contributed by atoms with Gasteiger partial charge in [0.2, 0.25) is 0 Å². The molecule has 0 fully saturated rings. The minimum Gasteiger partial charge on any atom is -0.295 e. The van der Waals surface area contributed by atoms with Crippen LogP contribution < -0.4 is 0 Å². The van der Waals surface area contributed by atoms with Gasteiger partial charge < -0.3 is 0 Å². The van der Waals surface area contributed by atoms with Crippen LogP contribution in [0.15, 0.2) is 23.8 Å². The van der Waals surface area contributed by atoms with Crippen molar-refractivity contribution in [3.8, 4) is 0 Å². The number of hydrogen-bond donors (Lipinski definition) is 0. The summed E-state index contributed by atoms with van der Waals surface area (Å²) in [5, 5.41) is 0. The Morgan fingerprint density at radius 1 is 1.05 bits per heavy atom. The highest BCUT2D eigenvalue weighted by atomic mass is 16.1. The number of allylic oxidation sites excluding steroid dienone is 2. The van der Waals surface area contributed by atoms with Crippen LogP contribution in [0.1, 0.15) is 56.1 Å². The van der Waals surface area contributed by atoms with Crippen LogP contribution in [-0.4, -0.2) is 11.6 Å². The van der Waals surface area contributed by atoms with E-state index in [-0.39, 0.29) is 17.5 Å². The van der Waals surface area contributed by atoms with E-state index < -0.39 is 0 Å². The van der Waals surface area contributed by atoms with Crippen LogP contribution in [-0.2, 0) is 4.79 Å². The fourth-order valence-electron chi connectivity index (χ4n) is 2.55. The zero-order chi connectivity index (χ0) is 14.7. The Hall–Kier alpha value is -1.70. The van der Waals surface area contributed by atoms with E-state index in [0.29, 0.717) is 0 Å². The highest BCUT2D eigenvalue weighted by Crippen LogP contribution is 2.26. The summed E-state index contributed by atoms with van der Waals surface area (Å²) in [6, 6.07) is 5.75. The Morgan fingerprint density at radius 3 is 2.00 bits per heavy atom. The highest BCUT2D eigenvalue weighted by Gasteiger charge is 2.14. The first-order chi connectivity index (χ1) is 8.75. The smallest absolute Gasteiger partial charge is 0.160 e. The molecule has 0 N–H and O–H groups in total. The number of carbonyl (C=O) groups is 2. The summed E-state index contributed by atoms with van der Waals surface area (Å²) < 4.78 is 0. The quantitative estimate of drug-likeness (QED) is 0.598. The molecule has 0 aliphatic rings. The number of Topliss-reactive ketones (excluding diaryl/α,β-unsaturated/α-hetero) is 2. The standard InChI is InChI=1S/C17H22O2/c1-10(2)17(14(6)19)12(4)15-7-8-16(13(5)18)11(3)9-15/h7-10H,1-6H3. The second-order valence-electron chi connectivity index (χ2n) is 5.34. The number of benzene rings is 1. The van der Waals surface area contributed by atoms with E-state index in [4.69, 9.17) is 0 Å². The molecule has 0 radical (unpaired) electrons. The molecule has 19 heavy (non-hydrogen) atoms. The first-order valence-corrected chi connectivity index (χ1v) is 6.59. The monoisotopic (exact) mass is 258 g/mol. The van der Waals surface area contributed by atoms with E-state index in [2.05, 4.69) is 0 Å². The molecule has 1 aromatic carbocycles. The third-order valence-electron chi connectivity index (χ3n) is 3.40. The summed E-state index contributed by atoms with van der Waals surface area (Å²) >= 11 is 0. The van der Waals surface area contributed by atoms with Crippen LogP contribution in [0.3, 0.4) is 0 Å². The average Bonchev–Trinajstić information content (AvgIpc) is 2.26. The summed E-state index contributed by atoms with van der Waals surface area (Å²) in [5.41, 5.74) is 4.57. The zero-order valence-electron chi connectivity index (χ0n) is 12.6. The fraction of sp³-hybridized carbons (Fsp3) is 0.412. The number of hydrogen-bond acceptors (Lipinski definition) is 2. The van der Waals surface area contributed by atoms with Gasteiger partial charge in [-0.2, -0.15) is 0 Å². The SMILES string of the molecule is CC(=O)C(=C(C)c1ccc(C(C)=O)c(C)c1)C(C)C. The molecule has 0 spiro atoms. The van der Waals surface area contributed by atoms with Crippen molar-refractivity contribution in [3.05, 3.63) is 40.5 Å². The lowest BCUT2D eigenvalue weighted by atomic mass is 9.89. The summed E-state index contributed by atoms with van der Waals surface area (Å²) in [6.45, 7) is 11.1. The van der Waals surface area contributed by atoms with E-state index in [0.717, 1.165) is 27.8 Å². The number of ketones is 2. The van der Waals surface area contributed by atoms with Crippen molar-refractivity contribution in [3.63, 3.8) is 0 Å². The Labute approximate surface area is 115 Å². The van der Waals surface area contributed by atoms with Gasteiger partial charge in [0.25, 0.3) is 0 Å². The zero-order valence-corrected chi connectivity index (χ0v) is 12.6. The third kappa shape index (κ3) is 3.40. The Kier molecular flexibility index (Phi) is 4.82. The lowest BCUT2D eigenvalue weighted by Gasteiger charge is -2.14. The van der Waals surface area contributed by atoms with Crippen molar-refractivity contribution in [2.24, 2.45) is 5.92 Å². The molecule has 2 nitrogen and oxygen atoms in total. The molecule has 0 saturated carbocycles. The molecule has 0 aliphatic heterocycles. The topological polar surface area (TPSA) is 34.1 Å². The molecule has 0 aliphatic carbocycles. The lowest BCUT2D eigenvalue weighted by Crippen LogP contribution is -2.07. The van der Waals surface area contributed by atoms with Gasteiger partial charge in [0.15, 0.2) is 11.6 Å². The van der Waals surface area contributed by atoms with Crippen molar-refractivity contribution in [1.29, 1.82) is 0 Å². The molecule has 102 valence electrons. The Balaban J connectivity index is 3.38. The molecular formula is C17H22O2. The number of aryl methyl sites for hydroxylation is 1. The summed E-state index contributed by atoms with van der Waals surface area (Å²) in [5.74, 6) is 0.382. The molecule has 2 heteroatoms. The van der Waals surface area contributed by atoms with E-state index in [1.165, 1.54) is 0 Å². The maximum atomic E-state index is 11.7. The molecule has 0 bridgehead atoms. The van der Waals surface area contributed by atoms with Crippen molar-refractivity contribution < 1.29 is 9.59 Å². The number of carbonyl (C=O) groups excluding carboxylic acids is 2. The minimum absolute atomic E-state index is 0.0707. The van der Waals surface area contributed by atoms with E-state index in [9.17, 15) is 9.59 Å². The summed E-state index contributed by atoms with van der Waals surface area (Å²) in [4.78, 5) is 23.2. The molecular weight excluding hydrogens is 236 g/mol. The van der Waals surface area contributed by atoms with Crippen molar-refractivity contribution >= 4 is 17.1 Å². The maximum absolute atomic E-state index is 11.7. The molecule has 0 unspecified atom stereocenters. The van der Waals surface area contributed by atoms with Gasteiger partial charge in [0, 0.05) is 11.1 Å². The molecule has 0 amide bonds. The molecule has 0 atom stereocenters. The van der Waals surface area contributed by atoms with Crippen LogP contribution in [0.4, 0.5) is 0 Å². The van der Waals surface area contributed by atoms with Gasteiger partial charge in [-0.1, -0.05) is 32.0 Å². The predicted octanol–water partition coefficient (Wildman–Crippen LogP) is 4.22. The predicted molar refractivity (Wildman–Crippen MR) is 79.3 cm³/mol. The van der Waals surface area contributed by atoms with Gasteiger partial charge in [-0.15, -0.1) is 0 Å². The summed E-state index contributed by atoms with van der Waals surface area (Å²) in [7, 11) is 0. The van der Waals surface area contributed by atoms with Gasteiger partial charge in [-0.05, 0) is 50.3 Å².